The van der Waals surface area contributed by atoms with Gasteiger partial charge in [-0.3, -0.25) is 4.79 Å². The maximum absolute atomic E-state index is 12.0. The van der Waals surface area contributed by atoms with Gasteiger partial charge in [0.1, 0.15) is 0 Å². The number of anilines is 2. The van der Waals surface area contributed by atoms with Crippen molar-refractivity contribution >= 4 is 28.3 Å². The Morgan fingerprint density at radius 3 is 3.05 bits per heavy atom. The lowest BCUT2D eigenvalue weighted by molar-refractivity contribution is -0.117. The van der Waals surface area contributed by atoms with E-state index in [-0.39, 0.29) is 17.9 Å². The van der Waals surface area contributed by atoms with Gasteiger partial charge >= 0.3 is 0 Å². The Kier molecular flexibility index (Phi) is 4.56. The van der Waals surface area contributed by atoms with Crippen molar-refractivity contribution in [1.82, 2.24) is 20.3 Å². The second kappa shape index (κ2) is 6.77. The second-order valence-corrected chi connectivity index (χ2v) is 5.70. The van der Waals surface area contributed by atoms with Crippen molar-refractivity contribution in [2.24, 2.45) is 0 Å². The van der Waals surface area contributed by atoms with Crippen LogP contribution in [-0.4, -0.2) is 46.7 Å². The number of amides is 1. The first-order valence-electron chi connectivity index (χ1n) is 6.85. The molecule has 3 heterocycles. The third-order valence-electron chi connectivity index (χ3n) is 3.15. The Morgan fingerprint density at radius 1 is 1.50 bits per heavy atom. The van der Waals surface area contributed by atoms with E-state index in [2.05, 4.69) is 25.6 Å². The highest BCUT2D eigenvalue weighted by Crippen LogP contribution is 2.24. The van der Waals surface area contributed by atoms with Crippen LogP contribution in [0, 0.1) is 0 Å². The summed E-state index contributed by atoms with van der Waals surface area (Å²) in [5, 5.41) is 8.43. The summed E-state index contributed by atoms with van der Waals surface area (Å²) >= 11 is 1.36. The highest BCUT2D eigenvalue weighted by Gasteiger charge is 2.17. The molecule has 116 valence electrons. The van der Waals surface area contributed by atoms with Crippen LogP contribution in [0.15, 0.2) is 17.8 Å². The molecule has 0 bridgehead atoms. The fourth-order valence-electron chi connectivity index (χ4n) is 2.08. The van der Waals surface area contributed by atoms with Crippen LogP contribution in [0.2, 0.25) is 0 Å². The van der Waals surface area contributed by atoms with E-state index in [4.69, 9.17) is 10.5 Å². The van der Waals surface area contributed by atoms with Gasteiger partial charge in [0.05, 0.1) is 18.9 Å². The largest absolute Gasteiger partial charge is 0.378 e. The van der Waals surface area contributed by atoms with Crippen LogP contribution >= 0.6 is 11.3 Å². The lowest BCUT2D eigenvalue weighted by Crippen LogP contribution is -2.43. The molecule has 1 fully saturated rings. The normalized spacial score (nSPS) is 18.1. The van der Waals surface area contributed by atoms with Gasteiger partial charge in [0.25, 0.3) is 0 Å². The highest BCUT2D eigenvalue weighted by molar-refractivity contribution is 7.14. The summed E-state index contributed by atoms with van der Waals surface area (Å²) in [7, 11) is 0. The number of hydrogen-bond acceptors (Lipinski definition) is 8. The van der Waals surface area contributed by atoms with Crippen LogP contribution in [-0.2, 0) is 9.53 Å². The van der Waals surface area contributed by atoms with Gasteiger partial charge in [-0.2, -0.15) is 0 Å². The number of hydrogen-bond donors (Lipinski definition) is 3. The van der Waals surface area contributed by atoms with Crippen LogP contribution in [0.25, 0.3) is 11.3 Å². The van der Waals surface area contributed by atoms with E-state index < -0.39 is 0 Å². The van der Waals surface area contributed by atoms with E-state index in [0.717, 1.165) is 12.1 Å². The number of nitrogen functional groups attached to an aromatic ring is 1. The molecule has 0 aromatic carbocycles. The Labute approximate surface area is 131 Å². The molecule has 4 N–H and O–H groups in total. The molecule has 0 unspecified atom stereocenters. The fourth-order valence-corrected chi connectivity index (χ4v) is 2.81. The number of nitrogens with one attached hydrogen (secondary N) is 2. The van der Waals surface area contributed by atoms with Crippen molar-refractivity contribution in [3.63, 3.8) is 0 Å². The van der Waals surface area contributed by atoms with Gasteiger partial charge in [0.2, 0.25) is 11.9 Å². The number of morpholine rings is 1. The van der Waals surface area contributed by atoms with Gasteiger partial charge in [-0.1, -0.05) is 0 Å². The van der Waals surface area contributed by atoms with Gasteiger partial charge in [-0.05, 0) is 0 Å². The SMILES string of the molecule is Nc1ncc(-c2csc(NC(=O)C[C@H]3COCCN3)n2)cn1. The maximum atomic E-state index is 12.0. The molecular formula is C13H16N6O2S. The predicted molar refractivity (Wildman–Crippen MR) is 83.4 cm³/mol. The van der Waals surface area contributed by atoms with E-state index in [1.807, 2.05) is 5.38 Å². The molecule has 3 rings (SSSR count). The average Bonchev–Trinajstić information content (AvgIpc) is 2.97. The maximum Gasteiger partial charge on any atom is 0.227 e. The smallest absolute Gasteiger partial charge is 0.227 e. The summed E-state index contributed by atoms with van der Waals surface area (Å²) in [5.74, 6) is 0.132. The lowest BCUT2D eigenvalue weighted by Gasteiger charge is -2.22. The summed E-state index contributed by atoms with van der Waals surface area (Å²) in [5.41, 5.74) is 6.92. The molecule has 0 spiro atoms. The number of rotatable bonds is 4. The molecular weight excluding hydrogens is 304 g/mol. The first-order chi connectivity index (χ1) is 10.7. The molecule has 0 saturated carbocycles. The second-order valence-electron chi connectivity index (χ2n) is 4.85. The number of carbonyl (C=O) groups is 1. The Hall–Kier alpha value is -2.10. The predicted octanol–water partition coefficient (Wildman–Crippen LogP) is 0.499. The van der Waals surface area contributed by atoms with E-state index in [0.29, 0.717) is 30.5 Å². The average molecular weight is 320 g/mol. The Bertz CT molecular complexity index is 638. The number of ether oxygens (including phenoxy) is 1. The molecule has 2 aromatic rings. The van der Waals surface area contributed by atoms with Crippen molar-refractivity contribution in [3.05, 3.63) is 17.8 Å². The van der Waals surface area contributed by atoms with Crippen molar-refractivity contribution < 1.29 is 9.53 Å². The van der Waals surface area contributed by atoms with Crippen molar-refractivity contribution in [3.8, 4) is 11.3 Å². The van der Waals surface area contributed by atoms with Gasteiger partial charge in [-0.15, -0.1) is 11.3 Å². The third kappa shape index (κ3) is 3.75. The Balaban J connectivity index is 1.59. The van der Waals surface area contributed by atoms with Gasteiger partial charge in [0, 0.05) is 42.3 Å². The Morgan fingerprint density at radius 2 is 2.32 bits per heavy atom. The minimum atomic E-state index is -0.0857. The number of carbonyl (C=O) groups excluding carboxylic acids is 1. The molecule has 1 atom stereocenters. The van der Waals surface area contributed by atoms with Crippen LogP contribution in [0.1, 0.15) is 6.42 Å². The van der Waals surface area contributed by atoms with Crippen LogP contribution in [0.4, 0.5) is 11.1 Å². The molecule has 9 heteroatoms. The minimum Gasteiger partial charge on any atom is -0.378 e. The molecule has 0 aliphatic carbocycles. The van der Waals surface area contributed by atoms with Crippen molar-refractivity contribution in [2.45, 2.75) is 12.5 Å². The summed E-state index contributed by atoms with van der Waals surface area (Å²) < 4.78 is 5.33. The number of nitrogens with two attached hydrogens (primary N) is 1. The first kappa shape index (κ1) is 14.8. The first-order valence-corrected chi connectivity index (χ1v) is 7.73. The molecule has 22 heavy (non-hydrogen) atoms. The minimum absolute atomic E-state index is 0.0543. The third-order valence-corrected chi connectivity index (χ3v) is 3.91. The zero-order chi connectivity index (χ0) is 15.4. The van der Waals surface area contributed by atoms with Gasteiger partial charge < -0.3 is 21.1 Å². The zero-order valence-corrected chi connectivity index (χ0v) is 12.6. The van der Waals surface area contributed by atoms with E-state index in [1.165, 1.54) is 11.3 Å². The quantitative estimate of drug-likeness (QED) is 0.751. The van der Waals surface area contributed by atoms with E-state index >= 15 is 0 Å². The van der Waals surface area contributed by atoms with Crippen LogP contribution < -0.4 is 16.4 Å². The standard InChI is InChI=1S/C13H16N6O2S/c14-12-16-4-8(5-17-12)10-7-22-13(18-10)19-11(20)3-9-6-21-2-1-15-9/h4-5,7,9,15H,1-3,6H2,(H2,14,16,17)(H,18,19,20)/t9-/m0/s1. The molecule has 0 radical (unpaired) electrons. The van der Waals surface area contributed by atoms with Crippen molar-refractivity contribution in [2.75, 3.05) is 30.8 Å². The molecule has 1 aliphatic rings. The number of aromatic nitrogens is 3. The van der Waals surface area contributed by atoms with E-state index in [9.17, 15) is 4.79 Å². The van der Waals surface area contributed by atoms with E-state index in [1.54, 1.807) is 12.4 Å². The molecule has 1 amide bonds. The summed E-state index contributed by atoms with van der Waals surface area (Å²) in [6.07, 6.45) is 3.57. The zero-order valence-electron chi connectivity index (χ0n) is 11.8. The van der Waals surface area contributed by atoms with Gasteiger partial charge in [0.15, 0.2) is 5.13 Å². The lowest BCUT2D eigenvalue weighted by atomic mass is 10.2. The van der Waals surface area contributed by atoms with Crippen LogP contribution in [0.3, 0.4) is 0 Å². The van der Waals surface area contributed by atoms with Crippen molar-refractivity contribution in [1.29, 1.82) is 0 Å². The van der Waals surface area contributed by atoms with Gasteiger partial charge in [-0.25, -0.2) is 15.0 Å². The fraction of sp³-hybridized carbons (Fsp3) is 0.385. The summed E-state index contributed by atoms with van der Waals surface area (Å²) in [6.45, 7) is 2.02. The molecule has 8 nitrogen and oxygen atoms in total. The topological polar surface area (TPSA) is 115 Å². The monoisotopic (exact) mass is 320 g/mol. The van der Waals surface area contributed by atoms with Crippen LogP contribution in [0.5, 0.6) is 0 Å². The highest BCUT2D eigenvalue weighted by atomic mass is 32.1. The molecule has 1 saturated heterocycles. The summed E-state index contributed by atoms with van der Waals surface area (Å²) in [4.78, 5) is 24.2. The number of thiazole rings is 1. The molecule has 2 aromatic heterocycles. The number of nitrogens with zero attached hydrogens (tertiary/aromatic N) is 3. The summed E-state index contributed by atoms with van der Waals surface area (Å²) in [6, 6.07) is 0.0543. The molecule has 1 aliphatic heterocycles.